The third-order valence-electron chi connectivity index (χ3n) is 1.35. The maximum absolute atomic E-state index is 10.6. The summed E-state index contributed by atoms with van der Waals surface area (Å²) in [4.78, 5) is 34.1. The summed E-state index contributed by atoms with van der Waals surface area (Å²) in [6, 6.07) is 0. The Morgan fingerprint density at radius 3 is 1.54 bits per heavy atom. The maximum Gasteiger partial charge on any atom is 0.369 e. The number of aliphatic hydroxyl groups is 1. The van der Waals surface area contributed by atoms with Crippen LogP contribution in [0.5, 0.6) is 0 Å². The molecule has 9 heteroatoms. The van der Waals surface area contributed by atoms with E-state index in [1.807, 2.05) is 0 Å². The Morgan fingerprint density at radius 2 is 1.46 bits per heavy atom. The predicted molar refractivity (Wildman–Crippen MR) is 43.9 cm³/mol. The molecule has 0 amide bonds. The third kappa shape index (κ3) is 2.48. The third-order valence-corrected chi connectivity index (χ3v) is 5.15. The zero-order chi connectivity index (χ0) is 10.9. The molecular weight excluding hydrogens is 222 g/mol. The van der Waals surface area contributed by atoms with Crippen LogP contribution in [0.15, 0.2) is 12.7 Å². The largest absolute Gasteiger partial charge is 0.369 e. The van der Waals surface area contributed by atoms with Gasteiger partial charge in [-0.2, -0.15) is 0 Å². The molecule has 78 valence electrons. The van der Waals surface area contributed by atoms with Gasteiger partial charge in [-0.15, -0.1) is 6.58 Å². The molecule has 0 saturated carbocycles. The molecule has 0 unspecified atom stereocenters. The number of hydrogen-bond acceptors (Lipinski definition) is 3. The lowest BCUT2D eigenvalue weighted by Gasteiger charge is -2.27. The van der Waals surface area contributed by atoms with E-state index < -0.39 is 26.7 Å². The Balaban J connectivity index is 5.34. The topological polar surface area (TPSA) is 135 Å². The molecular formula is C4H10O7P2. The molecule has 0 saturated heterocycles. The number of hydrogen-bond donors (Lipinski definition) is 5. The molecule has 13 heavy (non-hydrogen) atoms. The fourth-order valence-corrected chi connectivity index (χ4v) is 2.69. The minimum absolute atomic E-state index is 0.818. The highest BCUT2D eigenvalue weighted by molar-refractivity contribution is 7.72. The van der Waals surface area contributed by atoms with Crippen molar-refractivity contribution in [2.24, 2.45) is 0 Å². The van der Waals surface area contributed by atoms with Crippen molar-refractivity contribution >= 4 is 15.2 Å². The zero-order valence-corrected chi connectivity index (χ0v) is 8.23. The Morgan fingerprint density at radius 1 is 1.15 bits per heavy atom. The summed E-state index contributed by atoms with van der Waals surface area (Å²) in [5.41, 5.74) is 0. The molecule has 0 aromatic heterocycles. The monoisotopic (exact) mass is 232 g/mol. The van der Waals surface area contributed by atoms with Crippen LogP contribution in [0.3, 0.4) is 0 Å². The van der Waals surface area contributed by atoms with Crippen LogP contribution in [0.25, 0.3) is 0 Å². The lowest BCUT2D eigenvalue weighted by atomic mass is 10.4. The molecule has 0 heterocycles. The lowest BCUT2D eigenvalue weighted by molar-refractivity contribution is 0.133. The first kappa shape index (κ1) is 13.0. The zero-order valence-electron chi connectivity index (χ0n) is 6.44. The van der Waals surface area contributed by atoms with Crippen LogP contribution in [0.4, 0.5) is 0 Å². The Bertz CT molecular complexity index is 263. The van der Waals surface area contributed by atoms with Crippen molar-refractivity contribution in [1.82, 2.24) is 0 Å². The van der Waals surface area contributed by atoms with Crippen molar-refractivity contribution < 1.29 is 33.8 Å². The molecule has 0 rings (SSSR count). The Labute approximate surface area is 74.0 Å². The van der Waals surface area contributed by atoms with Crippen LogP contribution in [0.1, 0.15) is 6.42 Å². The first-order valence-corrected chi connectivity index (χ1v) is 6.23. The summed E-state index contributed by atoms with van der Waals surface area (Å²) in [6.45, 7) is 3.03. The van der Waals surface area contributed by atoms with Crippen molar-refractivity contribution in [3.63, 3.8) is 0 Å². The van der Waals surface area contributed by atoms with Gasteiger partial charge in [-0.1, -0.05) is 6.08 Å². The molecule has 0 spiro atoms. The summed E-state index contributed by atoms with van der Waals surface area (Å²) in [7, 11) is -10.6. The minimum atomic E-state index is -5.30. The summed E-state index contributed by atoms with van der Waals surface area (Å²) >= 11 is 0. The van der Waals surface area contributed by atoms with Gasteiger partial charge in [-0.05, 0) is 0 Å². The molecule has 0 fully saturated rings. The summed E-state index contributed by atoms with van der Waals surface area (Å²) in [5, 5.41) is 5.73. The molecule has 0 aromatic rings. The summed E-state index contributed by atoms with van der Waals surface area (Å²) < 4.78 is 21.2. The van der Waals surface area contributed by atoms with Crippen LogP contribution in [0, 0.1) is 0 Å². The van der Waals surface area contributed by atoms with Crippen molar-refractivity contribution in [3.05, 3.63) is 12.7 Å². The predicted octanol–water partition coefficient (Wildman–Crippen LogP) is -0.436. The second kappa shape index (κ2) is 3.63. The van der Waals surface area contributed by atoms with Gasteiger partial charge in [0.15, 0.2) is 0 Å². The molecule has 0 aliphatic rings. The second-order valence-electron chi connectivity index (χ2n) is 2.36. The smallest absolute Gasteiger partial charge is 0.367 e. The van der Waals surface area contributed by atoms with E-state index >= 15 is 0 Å². The molecule has 0 atom stereocenters. The average molecular weight is 232 g/mol. The van der Waals surface area contributed by atoms with Crippen LogP contribution >= 0.6 is 15.2 Å². The summed E-state index contributed by atoms with van der Waals surface area (Å²) in [6.07, 6.45) is -0.0697. The molecule has 5 N–H and O–H groups in total. The fourth-order valence-electron chi connectivity index (χ4n) is 0.601. The summed E-state index contributed by atoms with van der Waals surface area (Å²) in [5.74, 6) is 0. The fraction of sp³-hybridized carbons (Fsp3) is 0.500. The molecule has 7 nitrogen and oxygen atoms in total. The molecule has 0 aliphatic heterocycles. The first-order valence-electron chi connectivity index (χ1n) is 3.01. The SMILES string of the molecule is C=CCC(O)(P(=O)(O)O)P(=O)(O)O. The highest BCUT2D eigenvalue weighted by Gasteiger charge is 2.58. The van der Waals surface area contributed by atoms with Gasteiger partial charge in [-0.25, -0.2) is 0 Å². The highest BCUT2D eigenvalue weighted by atomic mass is 31.2. The van der Waals surface area contributed by atoms with Crippen LogP contribution in [0.2, 0.25) is 0 Å². The van der Waals surface area contributed by atoms with Gasteiger partial charge in [-0.3, -0.25) is 9.13 Å². The van der Waals surface area contributed by atoms with Crippen molar-refractivity contribution in [1.29, 1.82) is 0 Å². The van der Waals surface area contributed by atoms with E-state index in [1.165, 1.54) is 0 Å². The van der Waals surface area contributed by atoms with Crippen molar-refractivity contribution in [3.8, 4) is 0 Å². The molecule has 0 aliphatic carbocycles. The van der Waals surface area contributed by atoms with Gasteiger partial charge in [0.05, 0.1) is 0 Å². The van der Waals surface area contributed by atoms with Crippen LogP contribution < -0.4 is 0 Å². The second-order valence-corrected chi connectivity index (χ2v) is 6.36. The molecule has 0 bridgehead atoms. The average Bonchev–Trinajstić information content (AvgIpc) is 1.82. The van der Waals surface area contributed by atoms with E-state index in [2.05, 4.69) is 6.58 Å². The van der Waals surface area contributed by atoms with Crippen LogP contribution in [-0.2, 0) is 9.13 Å². The molecule has 0 radical (unpaired) electrons. The van der Waals surface area contributed by atoms with Gasteiger partial charge >= 0.3 is 15.2 Å². The van der Waals surface area contributed by atoms with Gasteiger partial charge in [0, 0.05) is 6.42 Å². The van der Waals surface area contributed by atoms with E-state index in [-0.39, 0.29) is 0 Å². The van der Waals surface area contributed by atoms with Gasteiger partial charge in [0.25, 0.3) is 5.08 Å². The van der Waals surface area contributed by atoms with E-state index in [9.17, 15) is 9.13 Å². The van der Waals surface area contributed by atoms with E-state index in [0.717, 1.165) is 6.08 Å². The van der Waals surface area contributed by atoms with Gasteiger partial charge in [0.1, 0.15) is 0 Å². The minimum Gasteiger partial charge on any atom is -0.367 e. The standard InChI is InChI=1S/C4H10O7P2/c1-2-3-4(5,12(6,7)8)13(9,10)11/h2,5H,1,3H2,(H2,6,7,8)(H2,9,10,11). The Hall–Kier alpha value is -0.0000000000000000416. The normalized spacial score (nSPS) is 14.2. The maximum atomic E-state index is 10.6. The van der Waals surface area contributed by atoms with E-state index in [1.54, 1.807) is 0 Å². The quantitative estimate of drug-likeness (QED) is 0.327. The Kier molecular flexibility index (Phi) is 3.63. The van der Waals surface area contributed by atoms with Crippen molar-refractivity contribution in [2.45, 2.75) is 11.5 Å². The highest BCUT2D eigenvalue weighted by Crippen LogP contribution is 2.68. The molecule has 0 aromatic carbocycles. The van der Waals surface area contributed by atoms with E-state index in [4.69, 9.17) is 24.7 Å². The van der Waals surface area contributed by atoms with Crippen molar-refractivity contribution in [2.75, 3.05) is 0 Å². The first-order chi connectivity index (χ1) is 5.56. The van der Waals surface area contributed by atoms with Crippen LogP contribution in [-0.4, -0.2) is 29.8 Å². The van der Waals surface area contributed by atoms with Gasteiger partial charge in [0.2, 0.25) is 0 Å². The lowest BCUT2D eigenvalue weighted by Crippen LogP contribution is -2.27. The van der Waals surface area contributed by atoms with Gasteiger partial charge < -0.3 is 24.7 Å². The number of rotatable bonds is 4. The van der Waals surface area contributed by atoms with E-state index in [0.29, 0.717) is 0 Å².